The van der Waals surface area contributed by atoms with Crippen molar-refractivity contribution >= 4 is 12.0 Å². The molecule has 2 rings (SSSR count). The predicted molar refractivity (Wildman–Crippen MR) is 81.1 cm³/mol. The lowest BCUT2D eigenvalue weighted by atomic mass is 9.76. The van der Waals surface area contributed by atoms with Gasteiger partial charge in [-0.2, -0.15) is 0 Å². The molecule has 0 radical (unpaired) electrons. The number of carboxylic acid groups (broad SMARTS) is 1. The quantitative estimate of drug-likeness (QED) is 0.819. The first-order chi connectivity index (χ1) is 9.81. The molecule has 1 aliphatic carbocycles. The van der Waals surface area contributed by atoms with Crippen LogP contribution in [0.1, 0.15) is 59.3 Å². The summed E-state index contributed by atoms with van der Waals surface area (Å²) in [6.45, 7) is 7.11. The van der Waals surface area contributed by atoms with E-state index >= 15 is 0 Å². The van der Waals surface area contributed by atoms with Gasteiger partial charge in [0.15, 0.2) is 0 Å². The Labute approximate surface area is 127 Å². The molecule has 0 aromatic rings. The highest BCUT2D eigenvalue weighted by Gasteiger charge is 2.44. The van der Waals surface area contributed by atoms with Gasteiger partial charge in [-0.15, -0.1) is 0 Å². The summed E-state index contributed by atoms with van der Waals surface area (Å²) < 4.78 is 0. The van der Waals surface area contributed by atoms with Crippen LogP contribution in [-0.4, -0.2) is 40.6 Å². The van der Waals surface area contributed by atoms with Crippen LogP contribution in [0, 0.1) is 11.3 Å². The monoisotopic (exact) mass is 296 g/mol. The lowest BCUT2D eigenvalue weighted by molar-refractivity contribution is -0.152. The van der Waals surface area contributed by atoms with Crippen LogP contribution in [0.15, 0.2) is 0 Å². The second-order valence-corrected chi connectivity index (χ2v) is 7.29. The average molecular weight is 296 g/mol. The van der Waals surface area contributed by atoms with E-state index in [1.54, 1.807) is 4.90 Å². The molecule has 0 aromatic heterocycles. The molecule has 5 heteroatoms. The Kier molecular flexibility index (Phi) is 4.49. The van der Waals surface area contributed by atoms with E-state index in [1.807, 2.05) is 6.92 Å². The van der Waals surface area contributed by atoms with Gasteiger partial charge in [-0.1, -0.05) is 13.3 Å². The van der Waals surface area contributed by atoms with Gasteiger partial charge in [0.25, 0.3) is 0 Å². The van der Waals surface area contributed by atoms with E-state index in [2.05, 4.69) is 19.2 Å². The number of piperidine rings is 1. The average Bonchev–Trinajstić information content (AvgIpc) is 3.23. The molecule has 0 bridgehead atoms. The molecule has 1 heterocycles. The van der Waals surface area contributed by atoms with E-state index in [0.717, 1.165) is 12.8 Å². The van der Waals surface area contributed by atoms with Gasteiger partial charge >= 0.3 is 12.0 Å². The summed E-state index contributed by atoms with van der Waals surface area (Å²) >= 11 is 0. The van der Waals surface area contributed by atoms with Crippen molar-refractivity contribution in [3.05, 3.63) is 0 Å². The van der Waals surface area contributed by atoms with Crippen molar-refractivity contribution < 1.29 is 14.7 Å². The normalized spacial score (nSPS) is 26.5. The summed E-state index contributed by atoms with van der Waals surface area (Å²) in [6, 6.07) is -0.103. The Bertz CT molecular complexity index is 414. The maximum atomic E-state index is 12.5. The zero-order valence-corrected chi connectivity index (χ0v) is 13.4. The van der Waals surface area contributed by atoms with E-state index in [9.17, 15) is 14.7 Å². The zero-order chi connectivity index (χ0) is 15.7. The van der Waals surface area contributed by atoms with E-state index in [-0.39, 0.29) is 11.6 Å². The molecule has 1 atom stereocenters. The van der Waals surface area contributed by atoms with Crippen LogP contribution >= 0.6 is 0 Å². The molecular formula is C16H28N2O3. The number of nitrogens with one attached hydrogen (secondary N) is 1. The fourth-order valence-corrected chi connectivity index (χ4v) is 3.53. The lowest BCUT2D eigenvalue weighted by Crippen LogP contribution is -2.56. The molecular weight excluding hydrogens is 268 g/mol. The maximum absolute atomic E-state index is 12.5. The minimum Gasteiger partial charge on any atom is -0.481 e. The number of carbonyl (C=O) groups excluding carboxylic acids is 1. The molecule has 1 unspecified atom stereocenters. The number of urea groups is 1. The van der Waals surface area contributed by atoms with Gasteiger partial charge in [0.2, 0.25) is 0 Å². The van der Waals surface area contributed by atoms with E-state index in [4.69, 9.17) is 0 Å². The summed E-state index contributed by atoms with van der Waals surface area (Å²) in [4.78, 5) is 25.9. The molecule has 1 saturated heterocycles. The fourth-order valence-electron chi connectivity index (χ4n) is 3.53. The summed E-state index contributed by atoms with van der Waals surface area (Å²) in [5, 5.41) is 12.7. The third-order valence-electron chi connectivity index (χ3n) is 5.07. The second kappa shape index (κ2) is 5.85. The van der Waals surface area contributed by atoms with Crippen molar-refractivity contribution in [2.75, 3.05) is 13.1 Å². The standard InChI is InChI=1S/C16H28N2O3/c1-4-8-16(13(19)20)9-5-10-18(11-16)14(21)17-15(2,3)12-6-7-12/h12H,4-11H2,1-3H3,(H,17,21)(H,19,20). The SMILES string of the molecule is CCCC1(C(=O)O)CCCN(C(=O)NC(C)(C)C2CC2)C1. The molecule has 0 spiro atoms. The number of carboxylic acids is 1. The Hall–Kier alpha value is -1.26. The molecule has 0 aromatic carbocycles. The number of aliphatic carboxylic acids is 1. The van der Waals surface area contributed by atoms with Crippen LogP contribution in [-0.2, 0) is 4.79 Å². The fraction of sp³-hybridized carbons (Fsp3) is 0.875. The van der Waals surface area contributed by atoms with Crippen LogP contribution in [0.5, 0.6) is 0 Å². The van der Waals surface area contributed by atoms with Crippen LogP contribution in [0.25, 0.3) is 0 Å². The predicted octanol–water partition coefficient (Wildman–Crippen LogP) is 2.85. The lowest BCUT2D eigenvalue weighted by Gasteiger charge is -2.41. The highest BCUT2D eigenvalue weighted by atomic mass is 16.4. The van der Waals surface area contributed by atoms with Crippen molar-refractivity contribution in [1.29, 1.82) is 0 Å². The van der Waals surface area contributed by atoms with Crippen molar-refractivity contribution in [1.82, 2.24) is 10.2 Å². The molecule has 21 heavy (non-hydrogen) atoms. The summed E-state index contributed by atoms with van der Waals surface area (Å²) in [5.41, 5.74) is -0.945. The number of carbonyl (C=O) groups is 2. The van der Waals surface area contributed by atoms with Crippen LogP contribution in [0.3, 0.4) is 0 Å². The first-order valence-electron chi connectivity index (χ1n) is 8.11. The first-order valence-corrected chi connectivity index (χ1v) is 8.11. The zero-order valence-electron chi connectivity index (χ0n) is 13.4. The van der Waals surface area contributed by atoms with Gasteiger partial charge in [0.05, 0.1) is 5.41 Å². The summed E-state index contributed by atoms with van der Waals surface area (Å²) in [6.07, 6.45) is 5.24. The first kappa shape index (κ1) is 16.1. The van der Waals surface area contributed by atoms with Gasteiger partial charge in [-0.3, -0.25) is 4.79 Å². The highest BCUT2D eigenvalue weighted by Crippen LogP contribution is 2.40. The van der Waals surface area contributed by atoms with Gasteiger partial charge in [-0.25, -0.2) is 4.79 Å². The van der Waals surface area contributed by atoms with E-state index in [0.29, 0.717) is 31.8 Å². The second-order valence-electron chi connectivity index (χ2n) is 7.29. The van der Waals surface area contributed by atoms with E-state index in [1.165, 1.54) is 12.8 Å². The topological polar surface area (TPSA) is 69.6 Å². The van der Waals surface area contributed by atoms with Crippen LogP contribution in [0.2, 0.25) is 0 Å². The number of rotatable bonds is 5. The number of hydrogen-bond acceptors (Lipinski definition) is 2. The number of nitrogens with zero attached hydrogens (tertiary/aromatic N) is 1. The third kappa shape index (κ3) is 3.50. The molecule has 2 fully saturated rings. The molecule has 120 valence electrons. The molecule has 5 nitrogen and oxygen atoms in total. The Morgan fingerprint density at radius 3 is 2.57 bits per heavy atom. The minimum atomic E-state index is -0.761. The van der Waals surface area contributed by atoms with E-state index < -0.39 is 11.4 Å². The summed E-state index contributed by atoms with van der Waals surface area (Å²) in [7, 11) is 0. The van der Waals surface area contributed by atoms with Crippen LogP contribution < -0.4 is 5.32 Å². The number of hydrogen-bond donors (Lipinski definition) is 2. The molecule has 2 aliphatic rings. The van der Waals surface area contributed by atoms with Gasteiger partial charge in [-0.05, 0) is 51.9 Å². The van der Waals surface area contributed by atoms with Crippen LogP contribution in [0.4, 0.5) is 4.79 Å². The highest BCUT2D eigenvalue weighted by molar-refractivity contribution is 5.79. The van der Waals surface area contributed by atoms with Crippen molar-refractivity contribution in [3.8, 4) is 0 Å². The largest absolute Gasteiger partial charge is 0.481 e. The molecule has 1 saturated carbocycles. The van der Waals surface area contributed by atoms with Gasteiger partial charge < -0.3 is 15.3 Å². The van der Waals surface area contributed by atoms with Gasteiger partial charge in [0, 0.05) is 18.6 Å². The molecule has 1 aliphatic heterocycles. The number of amides is 2. The maximum Gasteiger partial charge on any atom is 0.317 e. The minimum absolute atomic E-state index is 0.103. The molecule has 2 amide bonds. The third-order valence-corrected chi connectivity index (χ3v) is 5.07. The Balaban J connectivity index is 2.02. The van der Waals surface area contributed by atoms with Crippen molar-refractivity contribution in [2.24, 2.45) is 11.3 Å². The Morgan fingerprint density at radius 2 is 2.05 bits per heavy atom. The number of likely N-dealkylation sites (tertiary alicyclic amines) is 1. The van der Waals surface area contributed by atoms with Crippen molar-refractivity contribution in [3.63, 3.8) is 0 Å². The smallest absolute Gasteiger partial charge is 0.317 e. The molecule has 2 N–H and O–H groups in total. The van der Waals surface area contributed by atoms with Crippen molar-refractivity contribution in [2.45, 2.75) is 64.8 Å². The van der Waals surface area contributed by atoms with Gasteiger partial charge in [0.1, 0.15) is 0 Å². The Morgan fingerprint density at radius 1 is 1.38 bits per heavy atom. The summed E-state index contributed by atoms with van der Waals surface area (Å²) in [5.74, 6) is -0.200.